The summed E-state index contributed by atoms with van der Waals surface area (Å²) in [5.74, 6) is -0.806. The number of rotatable bonds is 32. The van der Waals surface area contributed by atoms with Crippen molar-refractivity contribution in [3.8, 4) is 0 Å². The van der Waals surface area contributed by atoms with Gasteiger partial charge in [0.1, 0.15) is 6.61 Å². The third-order valence-electron chi connectivity index (χ3n) is 7.16. The van der Waals surface area contributed by atoms with E-state index in [1.165, 1.54) is 0 Å². The summed E-state index contributed by atoms with van der Waals surface area (Å²) in [6.07, 6.45) is 63.5. The van der Waals surface area contributed by atoms with Crippen molar-refractivity contribution in [3.63, 3.8) is 0 Å². The summed E-state index contributed by atoms with van der Waals surface area (Å²) in [6.45, 7) is 3.74. The quantitative estimate of drug-likeness (QED) is 0.0555. The third kappa shape index (κ3) is 38.6. The van der Waals surface area contributed by atoms with E-state index in [4.69, 9.17) is 9.47 Å². The third-order valence-corrected chi connectivity index (χ3v) is 7.16. The minimum Gasteiger partial charge on any atom is -0.462 e. The van der Waals surface area contributed by atoms with Gasteiger partial charge in [0, 0.05) is 12.8 Å². The number of hydrogen-bond donors (Lipinski definition) is 1. The zero-order valence-electron chi connectivity index (χ0n) is 32.2. The van der Waals surface area contributed by atoms with Crippen molar-refractivity contribution in [3.05, 3.63) is 146 Å². The number of ether oxygens (including phenoxy) is 2. The normalized spacial score (nSPS) is 13.8. The van der Waals surface area contributed by atoms with E-state index in [-0.39, 0.29) is 25.4 Å². The molecular weight excluding hydrogens is 645 g/mol. The maximum absolute atomic E-state index is 12.1. The monoisotopic (exact) mass is 713 g/mol. The maximum atomic E-state index is 12.1. The van der Waals surface area contributed by atoms with Gasteiger partial charge in [-0.3, -0.25) is 9.59 Å². The molecule has 0 aliphatic heterocycles. The van der Waals surface area contributed by atoms with Crippen LogP contribution in [0.1, 0.15) is 117 Å². The molecule has 5 heteroatoms. The van der Waals surface area contributed by atoms with Crippen molar-refractivity contribution in [2.75, 3.05) is 13.2 Å². The predicted molar refractivity (Wildman–Crippen MR) is 223 cm³/mol. The van der Waals surface area contributed by atoms with Crippen LogP contribution < -0.4 is 0 Å². The highest BCUT2D eigenvalue weighted by Crippen LogP contribution is 2.04. The summed E-state index contributed by atoms with van der Waals surface area (Å²) >= 11 is 0. The lowest BCUT2D eigenvalue weighted by molar-refractivity contribution is -0.161. The van der Waals surface area contributed by atoms with Crippen molar-refractivity contribution in [1.82, 2.24) is 0 Å². The molecule has 0 fully saturated rings. The lowest BCUT2D eigenvalue weighted by atomic mass is 10.2. The fraction of sp³-hybridized carbons (Fsp3) is 0.447. The number of esters is 2. The SMILES string of the molecule is CCC=CCC=CCC=CCC=CCC=CCC=CCCC(=O)OC[C@H](CO)OC(=O)CCC=CCC=CCC=CCC=CCC=CCC=CCC. The first-order chi connectivity index (χ1) is 25.6. The zero-order chi connectivity index (χ0) is 37.8. The van der Waals surface area contributed by atoms with Crippen LogP contribution in [0.2, 0.25) is 0 Å². The number of allylic oxidation sites excluding steroid dienone is 24. The van der Waals surface area contributed by atoms with Crippen molar-refractivity contribution in [2.24, 2.45) is 0 Å². The van der Waals surface area contributed by atoms with E-state index in [0.29, 0.717) is 12.8 Å². The fourth-order valence-corrected chi connectivity index (χ4v) is 4.31. The molecule has 286 valence electrons. The highest BCUT2D eigenvalue weighted by atomic mass is 16.6. The number of aliphatic hydroxyl groups excluding tert-OH is 1. The molecule has 0 aliphatic rings. The minimum absolute atomic E-state index is 0.148. The van der Waals surface area contributed by atoms with Crippen molar-refractivity contribution in [1.29, 1.82) is 0 Å². The Bertz CT molecular complexity index is 1220. The van der Waals surface area contributed by atoms with Crippen LogP contribution in [0.5, 0.6) is 0 Å². The summed E-state index contributed by atoms with van der Waals surface area (Å²) in [5.41, 5.74) is 0. The fourth-order valence-electron chi connectivity index (χ4n) is 4.31. The molecule has 1 N–H and O–H groups in total. The molecule has 5 nitrogen and oxygen atoms in total. The smallest absolute Gasteiger partial charge is 0.306 e. The Balaban J connectivity index is 3.88. The summed E-state index contributed by atoms with van der Waals surface area (Å²) < 4.78 is 10.5. The average molecular weight is 713 g/mol. The van der Waals surface area contributed by atoms with Crippen LogP contribution in [0.4, 0.5) is 0 Å². The summed E-state index contributed by atoms with van der Waals surface area (Å²) in [4.78, 5) is 24.2. The Morgan fingerprint density at radius 2 is 0.692 bits per heavy atom. The van der Waals surface area contributed by atoms with Gasteiger partial charge in [0.25, 0.3) is 0 Å². The molecule has 0 aromatic heterocycles. The molecule has 0 aliphatic carbocycles. The molecule has 0 aromatic carbocycles. The zero-order valence-corrected chi connectivity index (χ0v) is 32.2. The second-order valence-corrected chi connectivity index (χ2v) is 11.9. The van der Waals surface area contributed by atoms with Crippen LogP contribution in [0, 0.1) is 0 Å². The van der Waals surface area contributed by atoms with Gasteiger partial charge in [0.15, 0.2) is 6.10 Å². The van der Waals surface area contributed by atoms with E-state index >= 15 is 0 Å². The molecule has 0 saturated carbocycles. The summed E-state index contributed by atoms with van der Waals surface area (Å²) in [5, 5.41) is 9.54. The molecule has 0 spiro atoms. The number of aliphatic hydroxyl groups is 1. The first-order valence-corrected chi connectivity index (χ1v) is 19.4. The van der Waals surface area contributed by atoms with Crippen LogP contribution >= 0.6 is 0 Å². The minimum atomic E-state index is -0.854. The molecule has 0 rings (SSSR count). The first kappa shape index (κ1) is 47.8. The Morgan fingerprint density at radius 3 is 0.981 bits per heavy atom. The first-order valence-electron chi connectivity index (χ1n) is 19.4. The molecule has 0 aromatic rings. The molecule has 52 heavy (non-hydrogen) atoms. The van der Waals surface area contributed by atoms with Gasteiger partial charge < -0.3 is 14.6 Å². The molecule has 0 radical (unpaired) electrons. The van der Waals surface area contributed by atoms with Gasteiger partial charge in [0.05, 0.1) is 6.61 Å². The van der Waals surface area contributed by atoms with Crippen molar-refractivity contribution in [2.45, 2.75) is 123 Å². The molecule has 0 heterocycles. The summed E-state index contributed by atoms with van der Waals surface area (Å²) in [6, 6.07) is 0. The second kappa shape index (κ2) is 41.2. The highest BCUT2D eigenvalue weighted by Gasteiger charge is 2.15. The van der Waals surface area contributed by atoms with E-state index in [9.17, 15) is 14.7 Å². The Labute approximate surface area is 317 Å². The Kier molecular flexibility index (Phi) is 37.9. The number of carbonyl (C=O) groups is 2. The lowest BCUT2D eigenvalue weighted by Crippen LogP contribution is -2.28. The van der Waals surface area contributed by atoms with Crippen molar-refractivity contribution >= 4 is 11.9 Å². The lowest BCUT2D eigenvalue weighted by Gasteiger charge is -2.15. The van der Waals surface area contributed by atoms with Crippen LogP contribution in [-0.2, 0) is 19.1 Å². The number of carbonyl (C=O) groups excluding carboxylic acids is 2. The molecule has 0 amide bonds. The van der Waals surface area contributed by atoms with Crippen LogP contribution in [-0.4, -0.2) is 36.4 Å². The van der Waals surface area contributed by atoms with Crippen LogP contribution in [0.15, 0.2) is 146 Å². The van der Waals surface area contributed by atoms with Gasteiger partial charge in [-0.1, -0.05) is 160 Å². The largest absolute Gasteiger partial charge is 0.462 e. The van der Waals surface area contributed by atoms with Gasteiger partial charge in [-0.05, 0) is 89.9 Å². The van der Waals surface area contributed by atoms with E-state index < -0.39 is 18.7 Å². The van der Waals surface area contributed by atoms with Gasteiger partial charge in [-0.2, -0.15) is 0 Å². The van der Waals surface area contributed by atoms with Crippen LogP contribution in [0.25, 0.3) is 0 Å². The molecule has 0 unspecified atom stereocenters. The predicted octanol–water partition coefficient (Wildman–Crippen LogP) is 12.4. The van der Waals surface area contributed by atoms with Gasteiger partial charge >= 0.3 is 11.9 Å². The molecule has 0 bridgehead atoms. The van der Waals surface area contributed by atoms with E-state index in [2.05, 4.69) is 135 Å². The molecular formula is C47H68O5. The Morgan fingerprint density at radius 1 is 0.423 bits per heavy atom. The number of hydrogen-bond acceptors (Lipinski definition) is 5. The highest BCUT2D eigenvalue weighted by molar-refractivity contribution is 5.70. The average Bonchev–Trinajstić information content (AvgIpc) is 3.15. The second-order valence-electron chi connectivity index (χ2n) is 11.9. The molecule has 1 atom stereocenters. The molecule has 0 saturated heterocycles. The van der Waals surface area contributed by atoms with Gasteiger partial charge in [-0.25, -0.2) is 0 Å². The van der Waals surface area contributed by atoms with Crippen LogP contribution in [0.3, 0.4) is 0 Å². The Hall–Kier alpha value is -4.22. The van der Waals surface area contributed by atoms with Gasteiger partial charge in [-0.15, -0.1) is 0 Å². The van der Waals surface area contributed by atoms with E-state index in [0.717, 1.165) is 77.0 Å². The van der Waals surface area contributed by atoms with Crippen molar-refractivity contribution < 1.29 is 24.2 Å². The maximum Gasteiger partial charge on any atom is 0.306 e. The standard InChI is InChI=1S/C47H68O5/c1-3-5-7-9-11-13-15-17-19-21-23-25-27-29-31-33-35-37-39-41-46(49)51-44-45(43-48)52-47(50)42-40-38-36-34-32-30-28-26-24-22-20-18-16-14-12-10-8-6-4-2/h5-8,11-14,17-20,23-26,29-32,35-38,45,48H,3-4,9-10,15-16,21-22,27-28,33-34,39-44H2,1-2H3/t45-/m0/s1. The van der Waals surface area contributed by atoms with E-state index in [1.807, 2.05) is 24.3 Å². The summed E-state index contributed by atoms with van der Waals surface area (Å²) in [7, 11) is 0. The van der Waals surface area contributed by atoms with E-state index in [1.54, 1.807) is 0 Å². The van der Waals surface area contributed by atoms with Gasteiger partial charge in [0.2, 0.25) is 0 Å². The topological polar surface area (TPSA) is 72.8 Å².